The molecule has 4 rings (SSSR count). The minimum atomic E-state index is -4.62. The number of rotatable bonds is 36. The van der Waals surface area contributed by atoms with E-state index in [1.54, 1.807) is 0 Å². The van der Waals surface area contributed by atoms with Crippen LogP contribution in [-0.2, 0) is 40.5 Å². The van der Waals surface area contributed by atoms with Crippen LogP contribution in [0.1, 0.15) is 182 Å². The summed E-state index contributed by atoms with van der Waals surface area (Å²) in [7, 11) is -18.5. The van der Waals surface area contributed by atoms with Crippen molar-refractivity contribution in [3.63, 3.8) is 0 Å². The van der Waals surface area contributed by atoms with E-state index in [2.05, 4.69) is 167 Å². The van der Waals surface area contributed by atoms with Crippen LogP contribution in [0.15, 0.2) is 97.1 Å². The predicted octanol–water partition coefficient (Wildman–Crippen LogP) is 17.6. The molecule has 0 amide bonds. The normalized spacial score (nSPS) is 11.1. The fraction of sp³-hybridized carbons (Fsp3) is 0.586. The van der Waals surface area contributed by atoms with Crippen LogP contribution in [0.5, 0.6) is 23.0 Å². The standard InChI is InChI=1S/4C14H21IO.2CH4O6S2/c4*1-2-3-4-5-6-7-12-16-14-10-8-13(15)9-11-14;2*2-8(3,4)1-9(5,6)7/h4*8-11H,2-7,12H2,1H3;2*1H2,(H,2,3,4)(H,5,6,7). The summed E-state index contributed by atoms with van der Waals surface area (Å²) >= 11 is 9.22. The van der Waals surface area contributed by atoms with Gasteiger partial charge in [0.2, 0.25) is 10.2 Å². The van der Waals surface area contributed by atoms with Crippen molar-refractivity contribution in [2.75, 3.05) is 36.6 Å². The van der Waals surface area contributed by atoms with Crippen LogP contribution >= 0.6 is 90.4 Å². The summed E-state index contributed by atoms with van der Waals surface area (Å²) in [5.74, 6) is 3.98. The highest BCUT2D eigenvalue weighted by atomic mass is 127. The number of benzene rings is 4. The maximum Gasteiger partial charge on any atom is 0.281 e. The molecule has 16 nitrogen and oxygen atoms in total. The van der Waals surface area contributed by atoms with Crippen LogP contribution in [-0.4, -0.2) is 88.5 Å². The third kappa shape index (κ3) is 63.2. The molecule has 0 saturated heterocycles. The molecule has 0 unspecified atom stereocenters. The van der Waals surface area contributed by atoms with Gasteiger partial charge in [0.15, 0.2) is 0 Å². The Morgan fingerprint density at radius 1 is 0.268 bits per heavy atom. The molecule has 0 aliphatic carbocycles. The Morgan fingerprint density at radius 3 is 0.549 bits per heavy atom. The summed E-state index contributed by atoms with van der Waals surface area (Å²) in [5, 5.41) is -3.31. The van der Waals surface area contributed by atoms with Crippen LogP contribution in [0.4, 0.5) is 0 Å². The van der Waals surface area contributed by atoms with E-state index in [1.165, 1.54) is 168 Å². The molecular formula is C58H92I4O16S4. The average Bonchev–Trinajstić information content (AvgIpc) is 3.38. The predicted molar refractivity (Wildman–Crippen MR) is 368 cm³/mol. The molecule has 4 aromatic carbocycles. The Kier molecular flexibility index (Phi) is 53.2. The van der Waals surface area contributed by atoms with Gasteiger partial charge in [-0.25, -0.2) is 0 Å². The highest BCUT2D eigenvalue weighted by molar-refractivity contribution is 14.1. The Bertz CT molecular complexity index is 2220. The maximum absolute atomic E-state index is 9.66. The first-order valence-electron chi connectivity index (χ1n) is 28.1. The Morgan fingerprint density at radius 2 is 0.415 bits per heavy atom. The Balaban J connectivity index is 0. The average molecular weight is 1680 g/mol. The summed E-state index contributed by atoms with van der Waals surface area (Å²) in [6.45, 7) is 12.4. The second kappa shape index (κ2) is 52.7. The number of halogens is 4. The van der Waals surface area contributed by atoms with Gasteiger partial charge in [0, 0.05) is 14.3 Å². The van der Waals surface area contributed by atoms with Gasteiger partial charge in [-0.05, 0) is 213 Å². The molecule has 0 aromatic heterocycles. The molecule has 24 heteroatoms. The summed E-state index contributed by atoms with van der Waals surface area (Å²) < 4.78 is 136. The van der Waals surface area contributed by atoms with Gasteiger partial charge in [0.1, 0.15) is 23.0 Å². The van der Waals surface area contributed by atoms with E-state index in [0.29, 0.717) is 0 Å². The van der Waals surface area contributed by atoms with Crippen molar-refractivity contribution in [2.45, 2.75) is 182 Å². The molecule has 4 aromatic rings. The minimum Gasteiger partial charge on any atom is -0.494 e. The summed E-state index contributed by atoms with van der Waals surface area (Å²) in [6, 6.07) is 33.0. The first-order valence-corrected chi connectivity index (χ1v) is 38.8. The SMILES string of the molecule is CCCCCCCCOc1ccc(I)cc1.CCCCCCCCOc1ccc(I)cc1.CCCCCCCCOc1ccc(I)cc1.CCCCCCCCOc1ccc(I)cc1.O=S(=O)(O)CS(=O)(=O)O.O=S(=O)(O)CS(=O)(=O)O. The van der Waals surface area contributed by atoms with Gasteiger partial charge in [0.25, 0.3) is 40.5 Å². The van der Waals surface area contributed by atoms with Gasteiger partial charge < -0.3 is 18.9 Å². The molecule has 0 spiro atoms. The summed E-state index contributed by atoms with van der Waals surface area (Å²) in [5.41, 5.74) is 0. The highest BCUT2D eigenvalue weighted by Gasteiger charge is 2.16. The van der Waals surface area contributed by atoms with Crippen molar-refractivity contribution in [1.29, 1.82) is 0 Å². The monoisotopic (exact) mass is 1680 g/mol. The van der Waals surface area contributed by atoms with Crippen LogP contribution in [0.25, 0.3) is 0 Å². The molecule has 0 aliphatic heterocycles. The van der Waals surface area contributed by atoms with Gasteiger partial charge >= 0.3 is 0 Å². The molecule has 4 N–H and O–H groups in total. The fourth-order valence-corrected chi connectivity index (χ4v) is 11.2. The van der Waals surface area contributed by atoms with E-state index in [0.717, 1.165) is 49.4 Å². The number of ether oxygens (including phenoxy) is 4. The number of hydrogen-bond acceptors (Lipinski definition) is 12. The van der Waals surface area contributed by atoms with E-state index >= 15 is 0 Å². The molecule has 0 atom stereocenters. The molecule has 0 fully saturated rings. The van der Waals surface area contributed by atoms with Crippen molar-refractivity contribution in [3.05, 3.63) is 111 Å². The first kappa shape index (κ1) is 82.7. The zero-order chi connectivity index (χ0) is 62.0. The zero-order valence-electron chi connectivity index (χ0n) is 48.3. The van der Waals surface area contributed by atoms with Gasteiger partial charge in [-0.1, -0.05) is 156 Å². The van der Waals surface area contributed by atoms with Gasteiger partial charge in [0.05, 0.1) is 26.4 Å². The van der Waals surface area contributed by atoms with Crippen LogP contribution in [0, 0.1) is 14.3 Å². The van der Waals surface area contributed by atoms with E-state index < -0.39 is 50.6 Å². The summed E-state index contributed by atoms with van der Waals surface area (Å²) in [6.07, 6.45) is 31.6. The second-order valence-electron chi connectivity index (χ2n) is 18.8. The van der Waals surface area contributed by atoms with Crippen molar-refractivity contribution in [1.82, 2.24) is 0 Å². The topological polar surface area (TPSA) is 254 Å². The van der Waals surface area contributed by atoms with Crippen molar-refractivity contribution in [3.8, 4) is 23.0 Å². The lowest BCUT2D eigenvalue weighted by molar-refractivity contribution is 0.304. The molecule has 0 heterocycles. The third-order valence-electron chi connectivity index (χ3n) is 10.9. The molecule has 0 saturated carbocycles. The molecular weight excluding hydrogens is 1590 g/mol. The Labute approximate surface area is 548 Å². The number of unbranched alkanes of at least 4 members (excludes halogenated alkanes) is 20. The molecule has 0 radical (unpaired) electrons. The van der Waals surface area contributed by atoms with Crippen molar-refractivity contribution >= 4 is 131 Å². The molecule has 0 bridgehead atoms. The van der Waals surface area contributed by atoms with Crippen molar-refractivity contribution < 1.29 is 70.8 Å². The molecule has 0 aliphatic rings. The second-order valence-corrected chi connectivity index (χ2v) is 30.4. The van der Waals surface area contributed by atoms with E-state index in [1.807, 2.05) is 48.5 Å². The fourth-order valence-electron chi connectivity index (χ4n) is 6.79. The third-order valence-corrected chi connectivity index (χ3v) is 18.6. The lowest BCUT2D eigenvalue weighted by Gasteiger charge is -2.05. The summed E-state index contributed by atoms with van der Waals surface area (Å²) in [4.78, 5) is 0. The minimum absolute atomic E-state index is 0.854. The highest BCUT2D eigenvalue weighted by Crippen LogP contribution is 2.18. The lowest BCUT2D eigenvalue weighted by Crippen LogP contribution is -2.13. The molecule has 82 heavy (non-hydrogen) atoms. The number of hydrogen-bond donors (Lipinski definition) is 4. The lowest BCUT2D eigenvalue weighted by atomic mass is 10.1. The first-order chi connectivity index (χ1) is 38.7. The van der Waals surface area contributed by atoms with E-state index in [9.17, 15) is 33.7 Å². The van der Waals surface area contributed by atoms with Gasteiger partial charge in [-0.3, -0.25) is 18.2 Å². The zero-order valence-corrected chi connectivity index (χ0v) is 60.2. The van der Waals surface area contributed by atoms with Gasteiger partial charge in [-0.2, -0.15) is 33.7 Å². The van der Waals surface area contributed by atoms with Crippen LogP contribution in [0.2, 0.25) is 0 Å². The van der Waals surface area contributed by atoms with E-state index in [4.69, 9.17) is 37.2 Å². The van der Waals surface area contributed by atoms with E-state index in [-0.39, 0.29) is 0 Å². The largest absolute Gasteiger partial charge is 0.494 e. The maximum atomic E-state index is 9.66. The van der Waals surface area contributed by atoms with Crippen LogP contribution < -0.4 is 18.9 Å². The quantitative estimate of drug-likeness (QED) is 0.0188. The Hall–Kier alpha value is -1.36. The van der Waals surface area contributed by atoms with Crippen LogP contribution in [0.3, 0.4) is 0 Å². The van der Waals surface area contributed by atoms with Gasteiger partial charge in [-0.15, -0.1) is 0 Å². The van der Waals surface area contributed by atoms with Crippen molar-refractivity contribution in [2.24, 2.45) is 0 Å². The molecule has 472 valence electrons. The smallest absolute Gasteiger partial charge is 0.281 e.